The molecule has 0 aromatic heterocycles. The molecule has 2 atom stereocenters. The molecule has 0 spiro atoms. The quantitative estimate of drug-likeness (QED) is 0.835. The zero-order valence-electron chi connectivity index (χ0n) is 13.1. The smallest absolute Gasteiger partial charge is 0.161 e. The lowest BCUT2D eigenvalue weighted by Crippen LogP contribution is -2.39. The molecule has 0 bridgehead atoms. The predicted molar refractivity (Wildman–Crippen MR) is 81.1 cm³/mol. The van der Waals surface area contributed by atoms with Gasteiger partial charge in [-0.25, -0.2) is 0 Å². The summed E-state index contributed by atoms with van der Waals surface area (Å²) in [6, 6.07) is 6.10. The van der Waals surface area contributed by atoms with Gasteiger partial charge in [0.15, 0.2) is 11.5 Å². The van der Waals surface area contributed by atoms with Crippen LogP contribution in [-0.2, 0) is 9.47 Å². The van der Waals surface area contributed by atoms with Crippen LogP contribution < -0.4 is 14.8 Å². The molecule has 21 heavy (non-hydrogen) atoms. The van der Waals surface area contributed by atoms with Gasteiger partial charge in [-0.1, -0.05) is 6.07 Å². The Hall–Kier alpha value is -1.30. The van der Waals surface area contributed by atoms with Crippen molar-refractivity contribution in [2.24, 2.45) is 0 Å². The van der Waals surface area contributed by atoms with Crippen LogP contribution in [-0.4, -0.2) is 46.2 Å². The molecule has 1 saturated heterocycles. The molecule has 1 N–H and O–H groups in total. The first-order valence-corrected chi connectivity index (χ1v) is 7.56. The Labute approximate surface area is 126 Å². The topological polar surface area (TPSA) is 49.0 Å². The Bertz CT molecular complexity index is 432. The SMILES string of the molecule is CCOc1ccc(C(NC)C2COCCO2)cc1OCC. The molecule has 0 saturated carbocycles. The van der Waals surface area contributed by atoms with Gasteiger partial charge in [0.25, 0.3) is 0 Å². The molecule has 2 rings (SSSR count). The summed E-state index contributed by atoms with van der Waals surface area (Å²) in [5.41, 5.74) is 1.11. The van der Waals surface area contributed by atoms with E-state index in [2.05, 4.69) is 5.32 Å². The summed E-state index contributed by atoms with van der Waals surface area (Å²) in [6.07, 6.45) is 0.0103. The van der Waals surface area contributed by atoms with Crippen molar-refractivity contribution in [2.45, 2.75) is 26.0 Å². The standard InChI is InChI=1S/C16H25NO4/c1-4-19-13-7-6-12(10-14(13)20-5-2)16(17-3)15-11-18-8-9-21-15/h6-7,10,15-17H,4-5,8-9,11H2,1-3H3. The van der Waals surface area contributed by atoms with E-state index in [4.69, 9.17) is 18.9 Å². The van der Waals surface area contributed by atoms with Crippen molar-refractivity contribution in [1.82, 2.24) is 5.32 Å². The highest BCUT2D eigenvalue weighted by Gasteiger charge is 2.26. The number of hydrogen-bond donors (Lipinski definition) is 1. The van der Waals surface area contributed by atoms with Gasteiger partial charge in [0.05, 0.1) is 39.1 Å². The molecule has 1 fully saturated rings. The van der Waals surface area contributed by atoms with Crippen molar-refractivity contribution >= 4 is 0 Å². The molecular weight excluding hydrogens is 270 g/mol. The third-order valence-electron chi connectivity index (χ3n) is 3.45. The van der Waals surface area contributed by atoms with Gasteiger partial charge in [0, 0.05) is 0 Å². The third kappa shape index (κ3) is 4.09. The van der Waals surface area contributed by atoms with Crippen molar-refractivity contribution in [3.63, 3.8) is 0 Å². The molecule has 0 aliphatic carbocycles. The number of rotatable bonds is 7. The molecule has 1 aromatic rings. The van der Waals surface area contributed by atoms with E-state index in [1.54, 1.807) is 0 Å². The van der Waals surface area contributed by atoms with E-state index in [-0.39, 0.29) is 12.1 Å². The highest BCUT2D eigenvalue weighted by atomic mass is 16.6. The normalized spacial score (nSPS) is 20.0. The first-order valence-electron chi connectivity index (χ1n) is 7.56. The van der Waals surface area contributed by atoms with Crippen LogP contribution in [0.5, 0.6) is 11.5 Å². The van der Waals surface area contributed by atoms with Gasteiger partial charge in [-0.05, 0) is 38.6 Å². The van der Waals surface area contributed by atoms with Crippen LogP contribution in [0.25, 0.3) is 0 Å². The lowest BCUT2D eigenvalue weighted by molar-refractivity contribution is -0.101. The molecule has 118 valence electrons. The molecule has 0 radical (unpaired) electrons. The van der Waals surface area contributed by atoms with E-state index in [1.165, 1.54) is 0 Å². The summed E-state index contributed by atoms with van der Waals surface area (Å²) in [6.45, 7) is 7.07. The van der Waals surface area contributed by atoms with Gasteiger partial charge in [0.1, 0.15) is 6.10 Å². The minimum absolute atomic E-state index is 0.0103. The third-order valence-corrected chi connectivity index (χ3v) is 3.45. The molecule has 1 heterocycles. The fourth-order valence-corrected chi connectivity index (χ4v) is 2.53. The fraction of sp³-hybridized carbons (Fsp3) is 0.625. The Kier molecular flexibility index (Phi) is 6.29. The zero-order chi connectivity index (χ0) is 15.1. The minimum atomic E-state index is 0.0103. The first-order chi connectivity index (χ1) is 10.3. The molecule has 5 nitrogen and oxygen atoms in total. The van der Waals surface area contributed by atoms with E-state index in [0.717, 1.165) is 17.1 Å². The minimum Gasteiger partial charge on any atom is -0.490 e. The fourth-order valence-electron chi connectivity index (χ4n) is 2.53. The Morgan fingerprint density at radius 3 is 2.57 bits per heavy atom. The second-order valence-corrected chi connectivity index (χ2v) is 4.82. The van der Waals surface area contributed by atoms with Crippen molar-refractivity contribution in [3.8, 4) is 11.5 Å². The van der Waals surface area contributed by atoms with Crippen LogP contribution in [0.1, 0.15) is 25.5 Å². The summed E-state index contributed by atoms with van der Waals surface area (Å²) >= 11 is 0. The molecule has 5 heteroatoms. The molecular formula is C16H25NO4. The summed E-state index contributed by atoms with van der Waals surface area (Å²) in [7, 11) is 1.93. The maximum atomic E-state index is 5.80. The molecule has 2 unspecified atom stereocenters. The van der Waals surface area contributed by atoms with Crippen LogP contribution >= 0.6 is 0 Å². The van der Waals surface area contributed by atoms with E-state index in [1.807, 2.05) is 39.1 Å². The number of ether oxygens (including phenoxy) is 4. The zero-order valence-corrected chi connectivity index (χ0v) is 13.1. The predicted octanol–water partition coefficient (Wildman–Crippen LogP) is 2.16. The summed E-state index contributed by atoms with van der Waals surface area (Å²) in [4.78, 5) is 0. The highest BCUT2D eigenvalue weighted by molar-refractivity contribution is 5.44. The number of hydrogen-bond acceptors (Lipinski definition) is 5. The molecule has 1 aliphatic rings. The Morgan fingerprint density at radius 2 is 1.95 bits per heavy atom. The molecule has 1 aromatic carbocycles. The van der Waals surface area contributed by atoms with Gasteiger partial charge in [0.2, 0.25) is 0 Å². The Morgan fingerprint density at radius 1 is 1.19 bits per heavy atom. The van der Waals surface area contributed by atoms with Gasteiger partial charge >= 0.3 is 0 Å². The van der Waals surface area contributed by atoms with Crippen molar-refractivity contribution in [1.29, 1.82) is 0 Å². The van der Waals surface area contributed by atoms with E-state index in [9.17, 15) is 0 Å². The van der Waals surface area contributed by atoms with Gasteiger partial charge in [-0.3, -0.25) is 0 Å². The van der Waals surface area contributed by atoms with Gasteiger partial charge < -0.3 is 24.3 Å². The lowest BCUT2D eigenvalue weighted by atomic mass is 10.0. The van der Waals surface area contributed by atoms with Gasteiger partial charge in [-0.2, -0.15) is 0 Å². The maximum Gasteiger partial charge on any atom is 0.161 e. The Balaban J connectivity index is 2.21. The van der Waals surface area contributed by atoms with Crippen LogP contribution in [0.4, 0.5) is 0 Å². The summed E-state index contributed by atoms with van der Waals surface area (Å²) < 4.78 is 22.6. The van der Waals surface area contributed by atoms with E-state index < -0.39 is 0 Å². The number of nitrogens with one attached hydrogen (secondary N) is 1. The lowest BCUT2D eigenvalue weighted by Gasteiger charge is -2.30. The molecule has 0 amide bonds. The number of likely N-dealkylation sites (N-methyl/N-ethyl adjacent to an activating group) is 1. The van der Waals surface area contributed by atoms with Crippen LogP contribution in [0.2, 0.25) is 0 Å². The van der Waals surface area contributed by atoms with E-state index in [0.29, 0.717) is 33.0 Å². The van der Waals surface area contributed by atoms with Crippen LogP contribution in [0.3, 0.4) is 0 Å². The highest BCUT2D eigenvalue weighted by Crippen LogP contribution is 2.32. The monoisotopic (exact) mass is 295 g/mol. The largest absolute Gasteiger partial charge is 0.490 e. The van der Waals surface area contributed by atoms with Crippen molar-refractivity contribution in [2.75, 3.05) is 40.1 Å². The second kappa shape index (κ2) is 8.22. The van der Waals surface area contributed by atoms with Crippen LogP contribution in [0.15, 0.2) is 18.2 Å². The van der Waals surface area contributed by atoms with Crippen molar-refractivity contribution in [3.05, 3.63) is 23.8 Å². The average Bonchev–Trinajstić information content (AvgIpc) is 2.52. The number of benzene rings is 1. The van der Waals surface area contributed by atoms with Gasteiger partial charge in [-0.15, -0.1) is 0 Å². The average molecular weight is 295 g/mol. The summed E-state index contributed by atoms with van der Waals surface area (Å²) in [5.74, 6) is 1.55. The maximum absolute atomic E-state index is 5.80. The molecule has 1 aliphatic heterocycles. The first kappa shape index (κ1) is 16.1. The summed E-state index contributed by atoms with van der Waals surface area (Å²) in [5, 5.41) is 3.31. The van der Waals surface area contributed by atoms with E-state index >= 15 is 0 Å². The van der Waals surface area contributed by atoms with Crippen molar-refractivity contribution < 1.29 is 18.9 Å². The van der Waals surface area contributed by atoms with Crippen LogP contribution in [0, 0.1) is 0 Å². The second-order valence-electron chi connectivity index (χ2n) is 4.82.